The van der Waals surface area contributed by atoms with E-state index in [1.807, 2.05) is 0 Å². The third kappa shape index (κ3) is 3.78. The Labute approximate surface area is 125 Å². The third-order valence-corrected chi connectivity index (χ3v) is 2.82. The number of aliphatic hydroxyl groups excluding tert-OH is 1. The molecule has 1 aromatic heterocycles. The molecule has 1 aromatic carbocycles. The van der Waals surface area contributed by atoms with E-state index in [9.17, 15) is 9.18 Å². The topological polar surface area (TPSA) is 62.2 Å². The molecule has 0 saturated carbocycles. The highest BCUT2D eigenvalue weighted by Crippen LogP contribution is 2.20. The number of hydrogen-bond donors (Lipinski definition) is 2. The zero-order valence-corrected chi connectivity index (χ0v) is 11.5. The van der Waals surface area contributed by atoms with Gasteiger partial charge >= 0.3 is 0 Å². The first-order chi connectivity index (χ1) is 10.1. The minimum atomic E-state index is -0.712. The van der Waals surface area contributed by atoms with Crippen LogP contribution in [0.3, 0.4) is 0 Å². The summed E-state index contributed by atoms with van der Waals surface area (Å²) in [5, 5.41) is 11.1. The van der Waals surface area contributed by atoms with Gasteiger partial charge in [0.05, 0.1) is 10.6 Å². The van der Waals surface area contributed by atoms with Crippen LogP contribution in [-0.4, -0.2) is 22.6 Å². The Balaban J connectivity index is 2.24. The molecule has 0 saturated heterocycles. The average molecular weight is 305 g/mol. The van der Waals surface area contributed by atoms with Crippen LogP contribution in [0.4, 0.5) is 10.2 Å². The van der Waals surface area contributed by atoms with Gasteiger partial charge in [-0.05, 0) is 24.3 Å². The number of amides is 1. The van der Waals surface area contributed by atoms with Gasteiger partial charge in [0.25, 0.3) is 5.91 Å². The lowest BCUT2D eigenvalue weighted by Gasteiger charge is -2.07. The van der Waals surface area contributed by atoms with Crippen molar-refractivity contribution in [3.63, 3.8) is 0 Å². The van der Waals surface area contributed by atoms with Crippen LogP contribution in [0.1, 0.15) is 15.9 Å². The second kappa shape index (κ2) is 6.84. The maximum Gasteiger partial charge on any atom is 0.261 e. The van der Waals surface area contributed by atoms with Gasteiger partial charge in [0.15, 0.2) is 0 Å². The fourth-order valence-electron chi connectivity index (χ4n) is 1.61. The molecule has 6 heteroatoms. The first kappa shape index (κ1) is 15.0. The summed E-state index contributed by atoms with van der Waals surface area (Å²) in [6.45, 7) is -0.269. The maximum atomic E-state index is 13.6. The van der Waals surface area contributed by atoms with E-state index in [2.05, 4.69) is 22.1 Å². The van der Waals surface area contributed by atoms with Crippen LogP contribution >= 0.6 is 11.6 Å². The van der Waals surface area contributed by atoms with Gasteiger partial charge in [0, 0.05) is 11.8 Å². The fourth-order valence-corrected chi connectivity index (χ4v) is 1.86. The maximum absolute atomic E-state index is 13.6. The molecule has 1 heterocycles. The van der Waals surface area contributed by atoms with Crippen molar-refractivity contribution < 1.29 is 14.3 Å². The smallest absolute Gasteiger partial charge is 0.261 e. The molecule has 0 aliphatic rings. The fraction of sp³-hybridized carbons (Fsp3) is 0.0667. The first-order valence-corrected chi connectivity index (χ1v) is 6.31. The number of aliphatic hydroxyl groups is 1. The number of anilines is 1. The Morgan fingerprint density at radius 3 is 2.95 bits per heavy atom. The molecule has 0 atom stereocenters. The lowest BCUT2D eigenvalue weighted by Crippen LogP contribution is -2.15. The van der Waals surface area contributed by atoms with Crippen molar-refractivity contribution in [3.8, 4) is 11.8 Å². The van der Waals surface area contributed by atoms with Crippen LogP contribution in [0.5, 0.6) is 0 Å². The molecule has 0 bridgehead atoms. The molecule has 1 amide bonds. The van der Waals surface area contributed by atoms with Crippen LogP contribution in [0.25, 0.3) is 0 Å². The predicted octanol–water partition coefficient (Wildman–Crippen LogP) is 2.47. The van der Waals surface area contributed by atoms with Gasteiger partial charge in [0.2, 0.25) is 0 Å². The number of benzene rings is 1. The molecule has 0 spiro atoms. The molecular formula is C15H10ClFN2O2. The number of aromatic nitrogens is 1. The van der Waals surface area contributed by atoms with E-state index in [1.54, 1.807) is 6.07 Å². The van der Waals surface area contributed by atoms with Crippen molar-refractivity contribution in [2.75, 3.05) is 11.9 Å². The van der Waals surface area contributed by atoms with Gasteiger partial charge in [0.1, 0.15) is 18.2 Å². The minimum Gasteiger partial charge on any atom is -0.384 e. The monoisotopic (exact) mass is 304 g/mol. The van der Waals surface area contributed by atoms with Crippen LogP contribution in [0.15, 0.2) is 36.5 Å². The Bertz CT molecular complexity index is 718. The molecule has 21 heavy (non-hydrogen) atoms. The summed E-state index contributed by atoms with van der Waals surface area (Å²) in [7, 11) is 0. The molecule has 2 aromatic rings. The van der Waals surface area contributed by atoms with Crippen molar-refractivity contribution in [1.82, 2.24) is 4.98 Å². The van der Waals surface area contributed by atoms with Crippen LogP contribution in [0.2, 0.25) is 5.02 Å². The summed E-state index contributed by atoms with van der Waals surface area (Å²) < 4.78 is 13.6. The van der Waals surface area contributed by atoms with E-state index >= 15 is 0 Å². The number of pyridine rings is 1. The van der Waals surface area contributed by atoms with Crippen molar-refractivity contribution in [3.05, 3.63) is 58.5 Å². The summed E-state index contributed by atoms with van der Waals surface area (Å²) in [6.07, 6.45) is 1.44. The van der Waals surface area contributed by atoms with Gasteiger partial charge < -0.3 is 10.4 Å². The predicted molar refractivity (Wildman–Crippen MR) is 77.6 cm³/mol. The van der Waals surface area contributed by atoms with E-state index in [-0.39, 0.29) is 23.0 Å². The van der Waals surface area contributed by atoms with Crippen molar-refractivity contribution >= 4 is 23.3 Å². The average Bonchev–Trinajstić information content (AvgIpc) is 2.45. The van der Waals surface area contributed by atoms with Crippen molar-refractivity contribution in [1.29, 1.82) is 0 Å². The van der Waals surface area contributed by atoms with Crippen LogP contribution in [0, 0.1) is 17.7 Å². The Hall–Kier alpha value is -2.42. The molecule has 106 valence electrons. The van der Waals surface area contributed by atoms with Crippen LogP contribution in [-0.2, 0) is 0 Å². The number of nitrogens with zero attached hydrogens (tertiary/aromatic N) is 1. The second-order valence-electron chi connectivity index (χ2n) is 3.94. The number of carbonyl (C=O) groups is 1. The summed E-state index contributed by atoms with van der Waals surface area (Å²) in [5.41, 5.74) is 0.321. The van der Waals surface area contributed by atoms with Gasteiger partial charge in [-0.25, -0.2) is 9.37 Å². The third-order valence-electron chi connectivity index (χ3n) is 2.50. The quantitative estimate of drug-likeness (QED) is 0.838. The normalized spacial score (nSPS) is 9.67. The lowest BCUT2D eigenvalue weighted by molar-refractivity contribution is 0.102. The SMILES string of the molecule is O=C(Nc1cc(C#CCO)ccn1)c1c(F)cccc1Cl. The highest BCUT2D eigenvalue weighted by atomic mass is 35.5. The molecule has 0 fully saturated rings. The number of nitrogens with one attached hydrogen (secondary N) is 1. The molecule has 2 N–H and O–H groups in total. The number of carbonyl (C=O) groups excluding carboxylic acids is 1. The van der Waals surface area contributed by atoms with Gasteiger partial charge in [-0.2, -0.15) is 0 Å². The highest BCUT2D eigenvalue weighted by molar-refractivity contribution is 6.34. The molecule has 0 radical (unpaired) electrons. The minimum absolute atomic E-state index is 0.0173. The van der Waals surface area contributed by atoms with E-state index in [0.29, 0.717) is 5.56 Å². The number of rotatable bonds is 2. The lowest BCUT2D eigenvalue weighted by atomic mass is 10.2. The number of hydrogen-bond acceptors (Lipinski definition) is 3. The first-order valence-electron chi connectivity index (χ1n) is 5.93. The number of halogens is 2. The van der Waals surface area contributed by atoms with Gasteiger partial charge in [-0.1, -0.05) is 29.5 Å². The summed E-state index contributed by atoms with van der Waals surface area (Å²) in [5.74, 6) is 3.96. The second-order valence-corrected chi connectivity index (χ2v) is 4.35. The Morgan fingerprint density at radius 2 is 2.24 bits per heavy atom. The van der Waals surface area contributed by atoms with E-state index in [1.165, 1.54) is 24.4 Å². The highest BCUT2D eigenvalue weighted by Gasteiger charge is 2.16. The van der Waals surface area contributed by atoms with E-state index < -0.39 is 11.7 Å². The van der Waals surface area contributed by atoms with Gasteiger partial charge in [-0.3, -0.25) is 4.79 Å². The molecule has 0 unspecified atom stereocenters. The molecule has 4 nitrogen and oxygen atoms in total. The van der Waals surface area contributed by atoms with Crippen molar-refractivity contribution in [2.45, 2.75) is 0 Å². The van der Waals surface area contributed by atoms with E-state index in [4.69, 9.17) is 16.7 Å². The summed E-state index contributed by atoms with van der Waals surface area (Å²) in [6, 6.07) is 7.12. The Morgan fingerprint density at radius 1 is 1.43 bits per heavy atom. The molecule has 0 aliphatic carbocycles. The van der Waals surface area contributed by atoms with Gasteiger partial charge in [-0.15, -0.1) is 0 Å². The zero-order valence-electron chi connectivity index (χ0n) is 10.7. The largest absolute Gasteiger partial charge is 0.384 e. The molecule has 2 rings (SSSR count). The summed E-state index contributed by atoms with van der Waals surface area (Å²) in [4.78, 5) is 16.0. The standard InChI is InChI=1S/C15H10ClFN2O2/c16-11-4-1-5-12(17)14(11)15(21)19-13-9-10(3-2-8-20)6-7-18-13/h1,4-7,9,20H,8H2,(H,18,19,21). The molecular weight excluding hydrogens is 295 g/mol. The van der Waals surface area contributed by atoms with Crippen molar-refractivity contribution in [2.24, 2.45) is 0 Å². The van der Waals surface area contributed by atoms with E-state index in [0.717, 1.165) is 6.07 Å². The zero-order chi connectivity index (χ0) is 15.2. The molecule has 0 aliphatic heterocycles. The Kier molecular flexibility index (Phi) is 4.88. The summed E-state index contributed by atoms with van der Waals surface area (Å²) >= 11 is 5.82. The van der Waals surface area contributed by atoms with Crippen LogP contribution < -0.4 is 5.32 Å².